The first-order valence-electron chi connectivity index (χ1n) is 5.20. The molecule has 94 valence electrons. The van der Waals surface area contributed by atoms with Gasteiger partial charge >= 0.3 is 5.97 Å². The normalized spacial score (nSPS) is 10.4. The summed E-state index contributed by atoms with van der Waals surface area (Å²) in [5.74, 6) is -0.992. The molecular weight excluding hydrogens is 255 g/mol. The van der Waals surface area contributed by atoms with E-state index in [2.05, 4.69) is 0 Å². The molecule has 2 aromatic rings. The average Bonchev–Trinajstić information content (AvgIpc) is 2.71. The van der Waals surface area contributed by atoms with Crippen LogP contribution in [0.2, 0.25) is 0 Å². The molecular formula is C13H11FO3S. The molecule has 0 unspecified atom stereocenters. The van der Waals surface area contributed by atoms with E-state index in [0.29, 0.717) is 16.9 Å². The summed E-state index contributed by atoms with van der Waals surface area (Å²) in [6.07, 6.45) is 0. The molecule has 0 spiro atoms. The smallest absolute Gasteiger partial charge is 0.337 e. The quantitative estimate of drug-likeness (QED) is 0.923. The van der Waals surface area contributed by atoms with Gasteiger partial charge in [-0.1, -0.05) is 0 Å². The number of methoxy groups -OCH3 is 1. The van der Waals surface area contributed by atoms with Crippen molar-refractivity contribution in [3.05, 3.63) is 39.8 Å². The van der Waals surface area contributed by atoms with Gasteiger partial charge in [-0.25, -0.2) is 9.18 Å². The van der Waals surface area contributed by atoms with Crippen molar-refractivity contribution < 1.29 is 19.0 Å². The van der Waals surface area contributed by atoms with E-state index in [1.54, 1.807) is 12.3 Å². The van der Waals surface area contributed by atoms with Gasteiger partial charge in [-0.15, -0.1) is 11.3 Å². The minimum Gasteiger partial charge on any atom is -0.496 e. The van der Waals surface area contributed by atoms with Crippen LogP contribution in [0.1, 0.15) is 15.2 Å². The van der Waals surface area contributed by atoms with Gasteiger partial charge in [-0.3, -0.25) is 0 Å². The molecule has 0 aliphatic carbocycles. The Labute approximate surface area is 107 Å². The van der Waals surface area contributed by atoms with Gasteiger partial charge in [0, 0.05) is 21.4 Å². The number of thiophene rings is 1. The van der Waals surface area contributed by atoms with Crippen LogP contribution in [0.5, 0.6) is 5.75 Å². The van der Waals surface area contributed by atoms with Crippen molar-refractivity contribution in [2.24, 2.45) is 0 Å². The summed E-state index contributed by atoms with van der Waals surface area (Å²) < 4.78 is 18.5. The molecule has 0 fully saturated rings. The number of hydrogen-bond donors (Lipinski definition) is 1. The van der Waals surface area contributed by atoms with Crippen molar-refractivity contribution in [1.29, 1.82) is 0 Å². The molecule has 0 radical (unpaired) electrons. The van der Waals surface area contributed by atoms with Gasteiger partial charge in [0.25, 0.3) is 0 Å². The number of aromatic carboxylic acids is 1. The van der Waals surface area contributed by atoms with E-state index < -0.39 is 11.8 Å². The molecule has 1 N–H and O–H groups in total. The van der Waals surface area contributed by atoms with Crippen LogP contribution in [-0.2, 0) is 0 Å². The van der Waals surface area contributed by atoms with E-state index in [4.69, 9.17) is 9.84 Å². The molecule has 1 heterocycles. The molecule has 1 aromatic carbocycles. The topological polar surface area (TPSA) is 46.5 Å². The highest BCUT2D eigenvalue weighted by Gasteiger charge is 2.19. The lowest BCUT2D eigenvalue weighted by molar-refractivity contribution is 0.0698. The van der Waals surface area contributed by atoms with Crippen LogP contribution >= 0.6 is 11.3 Å². The van der Waals surface area contributed by atoms with Crippen LogP contribution in [0.3, 0.4) is 0 Å². The summed E-state index contributed by atoms with van der Waals surface area (Å²) in [6.45, 7) is 1.80. The fourth-order valence-corrected chi connectivity index (χ4v) is 2.67. The molecule has 0 saturated heterocycles. The van der Waals surface area contributed by atoms with Gasteiger partial charge in [0.15, 0.2) is 0 Å². The first-order chi connectivity index (χ1) is 8.54. The van der Waals surface area contributed by atoms with E-state index in [9.17, 15) is 9.18 Å². The van der Waals surface area contributed by atoms with Crippen LogP contribution in [-0.4, -0.2) is 18.2 Å². The van der Waals surface area contributed by atoms with Crippen LogP contribution in [0, 0.1) is 12.7 Å². The third-order valence-corrected chi connectivity index (χ3v) is 3.55. The molecule has 0 amide bonds. The zero-order chi connectivity index (χ0) is 13.3. The molecule has 0 bridgehead atoms. The Morgan fingerprint density at radius 3 is 2.78 bits per heavy atom. The Kier molecular flexibility index (Phi) is 3.34. The van der Waals surface area contributed by atoms with Gasteiger partial charge in [0.05, 0.1) is 12.7 Å². The fourth-order valence-electron chi connectivity index (χ4n) is 1.82. The van der Waals surface area contributed by atoms with E-state index in [0.717, 1.165) is 4.88 Å². The van der Waals surface area contributed by atoms with Gasteiger partial charge < -0.3 is 9.84 Å². The van der Waals surface area contributed by atoms with Crippen molar-refractivity contribution in [2.75, 3.05) is 7.11 Å². The summed E-state index contributed by atoms with van der Waals surface area (Å²) in [7, 11) is 1.47. The lowest BCUT2D eigenvalue weighted by Gasteiger charge is -2.09. The van der Waals surface area contributed by atoms with Gasteiger partial charge in [0.1, 0.15) is 11.6 Å². The number of benzene rings is 1. The van der Waals surface area contributed by atoms with Crippen LogP contribution < -0.4 is 4.74 Å². The molecule has 3 nitrogen and oxygen atoms in total. The molecule has 5 heteroatoms. The van der Waals surface area contributed by atoms with Crippen molar-refractivity contribution in [3.63, 3.8) is 0 Å². The van der Waals surface area contributed by atoms with Crippen molar-refractivity contribution >= 4 is 17.3 Å². The second kappa shape index (κ2) is 4.78. The van der Waals surface area contributed by atoms with E-state index >= 15 is 0 Å². The highest BCUT2D eigenvalue weighted by Crippen LogP contribution is 2.38. The summed E-state index contributed by atoms with van der Waals surface area (Å²) in [5, 5.41) is 10.7. The van der Waals surface area contributed by atoms with Crippen molar-refractivity contribution in [2.45, 2.75) is 6.92 Å². The zero-order valence-corrected chi connectivity index (χ0v) is 10.7. The minimum atomic E-state index is -1.03. The zero-order valence-electron chi connectivity index (χ0n) is 9.86. The number of rotatable bonds is 3. The molecule has 0 saturated carbocycles. The first-order valence-corrected chi connectivity index (χ1v) is 6.08. The largest absolute Gasteiger partial charge is 0.496 e. The van der Waals surface area contributed by atoms with Crippen molar-refractivity contribution in [3.8, 4) is 16.9 Å². The molecule has 1 aromatic heterocycles. The van der Waals surface area contributed by atoms with Crippen LogP contribution in [0.25, 0.3) is 11.1 Å². The number of aryl methyl sites for hydroxylation is 1. The highest BCUT2D eigenvalue weighted by molar-refractivity contribution is 7.10. The van der Waals surface area contributed by atoms with E-state index in [-0.39, 0.29) is 5.56 Å². The highest BCUT2D eigenvalue weighted by atomic mass is 32.1. The van der Waals surface area contributed by atoms with Crippen LogP contribution in [0.15, 0.2) is 23.6 Å². The van der Waals surface area contributed by atoms with Gasteiger partial charge in [0.2, 0.25) is 0 Å². The predicted octanol–water partition coefficient (Wildman–Crippen LogP) is 3.57. The van der Waals surface area contributed by atoms with Gasteiger partial charge in [-0.2, -0.15) is 0 Å². The van der Waals surface area contributed by atoms with Crippen molar-refractivity contribution in [1.82, 2.24) is 0 Å². The number of hydrogen-bond acceptors (Lipinski definition) is 3. The Morgan fingerprint density at radius 1 is 1.44 bits per heavy atom. The molecule has 0 aliphatic rings. The second-order valence-corrected chi connectivity index (χ2v) is 4.81. The third-order valence-electron chi connectivity index (χ3n) is 2.64. The maximum atomic E-state index is 13.3. The number of carboxylic acid groups (broad SMARTS) is 1. The summed E-state index contributed by atoms with van der Waals surface area (Å²) in [4.78, 5) is 12.0. The number of carboxylic acids is 1. The molecule has 2 rings (SSSR count). The van der Waals surface area contributed by atoms with E-state index in [1.165, 1.54) is 36.6 Å². The maximum Gasteiger partial charge on any atom is 0.337 e. The van der Waals surface area contributed by atoms with Gasteiger partial charge in [-0.05, 0) is 25.1 Å². The number of halogens is 1. The second-order valence-electron chi connectivity index (χ2n) is 3.73. The molecule has 0 atom stereocenters. The lowest BCUT2D eigenvalue weighted by atomic mass is 10.0. The SMILES string of the molecule is COc1ccc(F)cc1-c1c(C(=O)O)csc1C. The Morgan fingerprint density at radius 2 is 2.17 bits per heavy atom. The number of ether oxygens (including phenoxy) is 1. The Hall–Kier alpha value is -1.88. The summed E-state index contributed by atoms with van der Waals surface area (Å²) >= 11 is 1.32. The summed E-state index contributed by atoms with van der Waals surface area (Å²) in [6, 6.07) is 4.07. The predicted molar refractivity (Wildman–Crippen MR) is 68.0 cm³/mol. The third kappa shape index (κ3) is 2.09. The number of carbonyl (C=O) groups is 1. The lowest BCUT2D eigenvalue weighted by Crippen LogP contribution is -1.98. The van der Waals surface area contributed by atoms with Crippen LogP contribution in [0.4, 0.5) is 4.39 Å². The average molecular weight is 266 g/mol. The molecule has 18 heavy (non-hydrogen) atoms. The summed E-state index contributed by atoms with van der Waals surface area (Å²) in [5.41, 5.74) is 1.15. The maximum absolute atomic E-state index is 13.3. The fraction of sp³-hybridized carbons (Fsp3) is 0.154. The Bertz CT molecular complexity index is 604. The van der Waals surface area contributed by atoms with E-state index in [1.807, 2.05) is 0 Å². The standard InChI is InChI=1S/C13H11FO3S/c1-7-12(10(6-18-7)13(15)16)9-5-8(14)3-4-11(9)17-2/h3-6H,1-2H3,(H,15,16). The minimum absolute atomic E-state index is 0.168. The molecule has 0 aliphatic heterocycles. The monoisotopic (exact) mass is 266 g/mol. The first kappa shape index (κ1) is 12.6. The Balaban J connectivity index is 2.71.